The van der Waals surface area contributed by atoms with Crippen molar-refractivity contribution in [3.05, 3.63) is 52.7 Å². The van der Waals surface area contributed by atoms with E-state index in [1.54, 1.807) is 12.1 Å². The minimum Gasteiger partial charge on any atom is -0.370 e. The highest BCUT2D eigenvalue weighted by atomic mass is 16.1. The first-order chi connectivity index (χ1) is 10.0. The molecule has 4 nitrogen and oxygen atoms in total. The molecule has 0 saturated heterocycles. The molecular weight excluding hydrogens is 262 g/mol. The summed E-state index contributed by atoms with van der Waals surface area (Å²) < 4.78 is 0. The molecule has 0 aliphatic rings. The van der Waals surface area contributed by atoms with E-state index in [0.717, 1.165) is 34.9 Å². The molecule has 0 unspecified atom stereocenters. The lowest BCUT2D eigenvalue weighted by molar-refractivity contribution is 0.102. The van der Waals surface area contributed by atoms with Gasteiger partial charge in [0, 0.05) is 23.5 Å². The fourth-order valence-corrected chi connectivity index (χ4v) is 2.27. The van der Waals surface area contributed by atoms with Crippen molar-refractivity contribution in [2.75, 3.05) is 17.2 Å². The van der Waals surface area contributed by atoms with Gasteiger partial charge in [0.25, 0.3) is 5.91 Å². The van der Waals surface area contributed by atoms with Gasteiger partial charge >= 0.3 is 0 Å². The number of hydrogen-bond donors (Lipinski definition) is 2. The minimum atomic E-state index is -0.114. The standard InChI is InChI=1S/C17H21N3O/c1-5-18-15-10-14(9-13(4)19-15)17(21)20-16-11(2)7-6-8-12(16)3/h6-10H,5H2,1-4H3,(H,18,19)(H,20,21). The topological polar surface area (TPSA) is 54.0 Å². The van der Waals surface area contributed by atoms with Gasteiger partial charge < -0.3 is 10.6 Å². The molecule has 1 heterocycles. The highest BCUT2D eigenvalue weighted by Gasteiger charge is 2.11. The average Bonchev–Trinajstić information content (AvgIpc) is 2.42. The highest BCUT2D eigenvalue weighted by Crippen LogP contribution is 2.21. The molecule has 21 heavy (non-hydrogen) atoms. The van der Waals surface area contributed by atoms with Crippen LogP contribution in [-0.4, -0.2) is 17.4 Å². The maximum Gasteiger partial charge on any atom is 0.255 e. The Morgan fingerprint density at radius 1 is 1.14 bits per heavy atom. The van der Waals surface area contributed by atoms with E-state index in [9.17, 15) is 4.79 Å². The Morgan fingerprint density at radius 3 is 2.43 bits per heavy atom. The van der Waals surface area contributed by atoms with Crippen molar-refractivity contribution in [3.8, 4) is 0 Å². The SMILES string of the molecule is CCNc1cc(C(=O)Nc2c(C)cccc2C)cc(C)n1. The summed E-state index contributed by atoms with van der Waals surface area (Å²) in [7, 11) is 0. The zero-order valence-electron chi connectivity index (χ0n) is 12.9. The summed E-state index contributed by atoms with van der Waals surface area (Å²) in [4.78, 5) is 16.8. The van der Waals surface area contributed by atoms with Crippen LogP contribution >= 0.6 is 0 Å². The molecule has 0 atom stereocenters. The molecule has 0 aliphatic carbocycles. The Balaban J connectivity index is 2.28. The van der Waals surface area contributed by atoms with E-state index in [0.29, 0.717) is 5.56 Å². The highest BCUT2D eigenvalue weighted by molar-refractivity contribution is 6.05. The van der Waals surface area contributed by atoms with Crippen molar-refractivity contribution in [3.63, 3.8) is 0 Å². The predicted octanol–water partition coefficient (Wildman–Crippen LogP) is 3.69. The van der Waals surface area contributed by atoms with Crippen LogP contribution in [0.4, 0.5) is 11.5 Å². The zero-order chi connectivity index (χ0) is 15.4. The number of aryl methyl sites for hydroxylation is 3. The molecular formula is C17H21N3O. The molecule has 0 aliphatic heterocycles. The number of aromatic nitrogens is 1. The summed E-state index contributed by atoms with van der Waals surface area (Å²) in [5.41, 5.74) is 4.42. The zero-order valence-corrected chi connectivity index (χ0v) is 12.9. The number of pyridine rings is 1. The van der Waals surface area contributed by atoms with Gasteiger partial charge in [-0.05, 0) is 51.0 Å². The van der Waals surface area contributed by atoms with Crippen LogP contribution < -0.4 is 10.6 Å². The first kappa shape index (κ1) is 15.0. The van der Waals surface area contributed by atoms with Crippen LogP contribution in [-0.2, 0) is 0 Å². The van der Waals surface area contributed by atoms with Crippen LogP contribution in [0, 0.1) is 20.8 Å². The Morgan fingerprint density at radius 2 is 1.81 bits per heavy atom. The Bertz CT molecular complexity index is 645. The third kappa shape index (κ3) is 3.60. The number of rotatable bonds is 4. The number of amides is 1. The molecule has 1 aromatic carbocycles. The first-order valence-corrected chi connectivity index (χ1v) is 7.11. The molecule has 4 heteroatoms. The third-order valence-electron chi connectivity index (χ3n) is 3.29. The van der Waals surface area contributed by atoms with E-state index in [1.165, 1.54) is 0 Å². The van der Waals surface area contributed by atoms with Gasteiger partial charge in [0.05, 0.1) is 0 Å². The van der Waals surface area contributed by atoms with E-state index in [2.05, 4.69) is 15.6 Å². The molecule has 0 radical (unpaired) electrons. The van der Waals surface area contributed by atoms with Gasteiger partial charge in [0.2, 0.25) is 0 Å². The molecule has 0 saturated carbocycles. The second-order valence-electron chi connectivity index (χ2n) is 5.13. The van der Waals surface area contributed by atoms with Crippen LogP contribution in [0.1, 0.15) is 34.1 Å². The summed E-state index contributed by atoms with van der Waals surface area (Å²) in [6, 6.07) is 9.54. The van der Waals surface area contributed by atoms with Crippen molar-refractivity contribution in [1.82, 2.24) is 4.98 Å². The molecule has 0 spiro atoms. The molecule has 110 valence electrons. The van der Waals surface area contributed by atoms with Crippen molar-refractivity contribution in [2.45, 2.75) is 27.7 Å². The lowest BCUT2D eigenvalue weighted by Crippen LogP contribution is -2.15. The number of nitrogens with zero attached hydrogens (tertiary/aromatic N) is 1. The molecule has 1 amide bonds. The van der Waals surface area contributed by atoms with Crippen molar-refractivity contribution in [2.24, 2.45) is 0 Å². The van der Waals surface area contributed by atoms with Crippen molar-refractivity contribution < 1.29 is 4.79 Å². The van der Waals surface area contributed by atoms with E-state index in [1.807, 2.05) is 45.9 Å². The van der Waals surface area contributed by atoms with E-state index >= 15 is 0 Å². The molecule has 2 N–H and O–H groups in total. The Labute approximate surface area is 125 Å². The fourth-order valence-electron chi connectivity index (χ4n) is 2.27. The van der Waals surface area contributed by atoms with Gasteiger partial charge in [0.15, 0.2) is 0 Å². The van der Waals surface area contributed by atoms with Crippen LogP contribution in [0.5, 0.6) is 0 Å². The Hall–Kier alpha value is -2.36. The second-order valence-corrected chi connectivity index (χ2v) is 5.13. The Kier molecular flexibility index (Phi) is 4.58. The average molecular weight is 283 g/mol. The summed E-state index contributed by atoms with van der Waals surface area (Å²) in [6.45, 7) is 8.64. The van der Waals surface area contributed by atoms with Gasteiger partial charge in [-0.1, -0.05) is 18.2 Å². The number of benzene rings is 1. The summed E-state index contributed by atoms with van der Waals surface area (Å²) in [6.07, 6.45) is 0. The van der Waals surface area contributed by atoms with Gasteiger partial charge in [-0.25, -0.2) is 4.98 Å². The maximum absolute atomic E-state index is 12.5. The molecule has 1 aromatic heterocycles. The number of nitrogens with one attached hydrogen (secondary N) is 2. The number of carbonyl (C=O) groups is 1. The van der Waals surface area contributed by atoms with Crippen LogP contribution in [0.2, 0.25) is 0 Å². The largest absolute Gasteiger partial charge is 0.370 e. The third-order valence-corrected chi connectivity index (χ3v) is 3.29. The molecule has 2 aromatic rings. The fraction of sp³-hybridized carbons (Fsp3) is 0.294. The van der Waals surface area contributed by atoms with Gasteiger partial charge in [-0.15, -0.1) is 0 Å². The summed E-state index contributed by atoms with van der Waals surface area (Å²) in [5.74, 6) is 0.612. The van der Waals surface area contributed by atoms with Gasteiger partial charge in [-0.3, -0.25) is 4.79 Å². The second kappa shape index (κ2) is 6.39. The first-order valence-electron chi connectivity index (χ1n) is 7.11. The number of carbonyl (C=O) groups excluding carboxylic acids is 1. The van der Waals surface area contributed by atoms with E-state index in [-0.39, 0.29) is 5.91 Å². The lowest BCUT2D eigenvalue weighted by atomic mass is 10.1. The van der Waals surface area contributed by atoms with E-state index in [4.69, 9.17) is 0 Å². The lowest BCUT2D eigenvalue weighted by Gasteiger charge is -2.12. The molecule has 0 bridgehead atoms. The molecule has 0 fully saturated rings. The number of anilines is 2. The van der Waals surface area contributed by atoms with Crippen LogP contribution in [0.15, 0.2) is 30.3 Å². The molecule has 2 rings (SSSR count). The van der Waals surface area contributed by atoms with Crippen LogP contribution in [0.25, 0.3) is 0 Å². The van der Waals surface area contributed by atoms with E-state index < -0.39 is 0 Å². The monoisotopic (exact) mass is 283 g/mol. The normalized spacial score (nSPS) is 10.3. The number of hydrogen-bond acceptors (Lipinski definition) is 3. The quantitative estimate of drug-likeness (QED) is 0.899. The summed E-state index contributed by atoms with van der Waals surface area (Å²) >= 11 is 0. The van der Waals surface area contributed by atoms with Gasteiger partial charge in [-0.2, -0.15) is 0 Å². The predicted molar refractivity (Wildman–Crippen MR) is 87.0 cm³/mol. The van der Waals surface area contributed by atoms with Crippen LogP contribution in [0.3, 0.4) is 0 Å². The maximum atomic E-state index is 12.5. The minimum absolute atomic E-state index is 0.114. The van der Waals surface area contributed by atoms with Crippen molar-refractivity contribution >= 4 is 17.4 Å². The van der Waals surface area contributed by atoms with Gasteiger partial charge in [0.1, 0.15) is 5.82 Å². The summed E-state index contributed by atoms with van der Waals surface area (Å²) in [5, 5.41) is 6.14. The number of para-hydroxylation sites is 1. The smallest absolute Gasteiger partial charge is 0.255 e. The van der Waals surface area contributed by atoms with Crippen molar-refractivity contribution in [1.29, 1.82) is 0 Å².